The van der Waals surface area contributed by atoms with Gasteiger partial charge in [0, 0.05) is 18.0 Å². The quantitative estimate of drug-likeness (QED) is 0.868. The van der Waals surface area contributed by atoms with Crippen LogP contribution in [0.1, 0.15) is 44.7 Å². The second-order valence-corrected chi connectivity index (χ2v) is 6.13. The number of para-hydroxylation sites is 1. The molecule has 1 fully saturated rings. The number of fused-ring (bicyclic) bond motifs is 1. The van der Waals surface area contributed by atoms with E-state index in [1.165, 1.54) is 42.3 Å². The largest absolute Gasteiger partial charge is 0.328 e. The lowest BCUT2D eigenvalue weighted by atomic mass is 9.92. The van der Waals surface area contributed by atoms with E-state index in [1.54, 1.807) is 0 Å². The van der Waals surface area contributed by atoms with Gasteiger partial charge in [0.25, 0.3) is 0 Å². The van der Waals surface area contributed by atoms with Crippen LogP contribution in [0.15, 0.2) is 24.3 Å². The summed E-state index contributed by atoms with van der Waals surface area (Å²) in [5, 5.41) is 6.16. The van der Waals surface area contributed by atoms with E-state index in [2.05, 4.69) is 35.9 Å². The number of aromatic nitrogens is 2. The van der Waals surface area contributed by atoms with E-state index in [-0.39, 0.29) is 0 Å². The highest BCUT2D eigenvalue weighted by Crippen LogP contribution is 2.28. The fraction of sp³-hybridized carbons (Fsp3) is 0.588. The fourth-order valence-corrected chi connectivity index (χ4v) is 3.55. The van der Waals surface area contributed by atoms with Crippen LogP contribution in [0, 0.1) is 5.92 Å². The van der Waals surface area contributed by atoms with Crippen LogP contribution in [-0.2, 0) is 13.0 Å². The van der Waals surface area contributed by atoms with Crippen LogP contribution >= 0.6 is 0 Å². The zero-order chi connectivity index (χ0) is 13.9. The first kappa shape index (κ1) is 13.6. The molecular formula is C17H25N3. The van der Waals surface area contributed by atoms with Crippen molar-refractivity contribution in [3.8, 4) is 0 Å². The number of aryl methyl sites for hydroxylation is 1. The zero-order valence-electron chi connectivity index (χ0n) is 12.4. The minimum Gasteiger partial charge on any atom is -0.328 e. The summed E-state index contributed by atoms with van der Waals surface area (Å²) < 4.78 is 2.13. The van der Waals surface area contributed by atoms with Gasteiger partial charge < -0.3 is 5.73 Å². The molecule has 1 aromatic carbocycles. The molecule has 2 aromatic rings. The van der Waals surface area contributed by atoms with Crippen molar-refractivity contribution >= 4 is 10.9 Å². The summed E-state index contributed by atoms with van der Waals surface area (Å²) in [4.78, 5) is 0. The van der Waals surface area contributed by atoms with Crippen LogP contribution in [0.25, 0.3) is 10.9 Å². The van der Waals surface area contributed by atoms with Gasteiger partial charge in [-0.1, -0.05) is 37.5 Å². The Morgan fingerprint density at radius 2 is 2.05 bits per heavy atom. The van der Waals surface area contributed by atoms with Crippen molar-refractivity contribution in [3.63, 3.8) is 0 Å². The fourth-order valence-electron chi connectivity index (χ4n) is 3.55. The van der Waals surface area contributed by atoms with Gasteiger partial charge in [-0.05, 0) is 38.2 Å². The van der Waals surface area contributed by atoms with E-state index in [1.807, 2.05) is 0 Å². The van der Waals surface area contributed by atoms with Gasteiger partial charge in [-0.3, -0.25) is 4.68 Å². The van der Waals surface area contributed by atoms with Crippen LogP contribution in [0.4, 0.5) is 0 Å². The molecular weight excluding hydrogens is 246 g/mol. The van der Waals surface area contributed by atoms with E-state index in [4.69, 9.17) is 10.8 Å². The molecule has 3 rings (SSSR count). The lowest BCUT2D eigenvalue weighted by Crippen LogP contribution is -2.22. The summed E-state index contributed by atoms with van der Waals surface area (Å²) >= 11 is 0. The van der Waals surface area contributed by atoms with Gasteiger partial charge in [0.15, 0.2) is 0 Å². The molecule has 0 bridgehead atoms. The van der Waals surface area contributed by atoms with Crippen LogP contribution in [0.5, 0.6) is 0 Å². The Labute approximate surface area is 121 Å². The molecule has 1 heterocycles. The highest BCUT2D eigenvalue weighted by atomic mass is 15.3. The first-order valence-corrected chi connectivity index (χ1v) is 7.98. The molecule has 1 saturated carbocycles. The predicted octanol–water partition coefficient (Wildman–Crippen LogP) is 3.51. The summed E-state index contributed by atoms with van der Waals surface area (Å²) in [6.45, 7) is 3.09. The van der Waals surface area contributed by atoms with Crippen molar-refractivity contribution < 1.29 is 0 Å². The van der Waals surface area contributed by atoms with Gasteiger partial charge in [-0.2, -0.15) is 5.10 Å². The Kier molecular flexibility index (Phi) is 4.06. The van der Waals surface area contributed by atoms with Crippen molar-refractivity contribution in [3.05, 3.63) is 30.0 Å². The number of hydrogen-bond acceptors (Lipinski definition) is 2. The third-order valence-corrected chi connectivity index (χ3v) is 4.59. The Morgan fingerprint density at radius 3 is 2.90 bits per heavy atom. The molecule has 0 saturated heterocycles. The van der Waals surface area contributed by atoms with Gasteiger partial charge >= 0.3 is 0 Å². The van der Waals surface area contributed by atoms with E-state index in [0.29, 0.717) is 12.0 Å². The molecule has 3 nitrogen and oxygen atoms in total. The Bertz CT molecular complexity index is 573. The third-order valence-electron chi connectivity index (χ3n) is 4.59. The zero-order valence-corrected chi connectivity index (χ0v) is 12.4. The molecule has 0 aliphatic heterocycles. The molecule has 0 radical (unpaired) electrons. The lowest BCUT2D eigenvalue weighted by molar-refractivity contribution is 0.426. The molecule has 0 amide bonds. The van der Waals surface area contributed by atoms with Crippen molar-refractivity contribution in [2.24, 2.45) is 11.7 Å². The summed E-state index contributed by atoms with van der Waals surface area (Å²) in [5.74, 6) is 0.705. The Hall–Kier alpha value is -1.35. The highest BCUT2D eigenvalue weighted by Gasteiger charge is 2.20. The van der Waals surface area contributed by atoms with Crippen molar-refractivity contribution in [2.45, 2.75) is 58.0 Å². The monoisotopic (exact) mass is 271 g/mol. The van der Waals surface area contributed by atoms with Crippen LogP contribution in [-0.4, -0.2) is 15.8 Å². The summed E-state index contributed by atoms with van der Waals surface area (Å²) in [6.07, 6.45) is 7.36. The van der Waals surface area contributed by atoms with Crippen molar-refractivity contribution in [2.75, 3.05) is 0 Å². The third kappa shape index (κ3) is 2.73. The maximum Gasteiger partial charge on any atom is 0.0706 e. The second-order valence-electron chi connectivity index (χ2n) is 6.13. The Morgan fingerprint density at radius 1 is 1.25 bits per heavy atom. The number of benzene rings is 1. The van der Waals surface area contributed by atoms with E-state index < -0.39 is 0 Å². The number of hydrogen-bond donors (Lipinski definition) is 1. The predicted molar refractivity (Wildman–Crippen MR) is 83.7 cm³/mol. The molecule has 20 heavy (non-hydrogen) atoms. The second kappa shape index (κ2) is 5.96. The van der Waals surface area contributed by atoms with Gasteiger partial charge in [-0.15, -0.1) is 0 Å². The molecule has 1 aromatic heterocycles. The average Bonchev–Trinajstić information content (AvgIpc) is 2.68. The molecule has 0 spiro atoms. The smallest absolute Gasteiger partial charge is 0.0706 e. The first-order valence-electron chi connectivity index (χ1n) is 7.98. The summed E-state index contributed by atoms with van der Waals surface area (Å²) in [6, 6.07) is 8.99. The van der Waals surface area contributed by atoms with Crippen molar-refractivity contribution in [1.29, 1.82) is 0 Å². The number of rotatable bonds is 3. The van der Waals surface area contributed by atoms with Crippen LogP contribution < -0.4 is 5.73 Å². The molecule has 2 atom stereocenters. The van der Waals surface area contributed by atoms with Gasteiger partial charge in [0.05, 0.1) is 11.2 Å². The molecule has 2 unspecified atom stereocenters. The van der Waals surface area contributed by atoms with E-state index in [0.717, 1.165) is 19.4 Å². The molecule has 108 valence electrons. The van der Waals surface area contributed by atoms with Crippen LogP contribution in [0.3, 0.4) is 0 Å². The van der Waals surface area contributed by atoms with Crippen molar-refractivity contribution in [1.82, 2.24) is 9.78 Å². The Balaban J connectivity index is 1.86. The number of nitrogens with zero attached hydrogens (tertiary/aromatic N) is 2. The minimum absolute atomic E-state index is 0.391. The highest BCUT2D eigenvalue weighted by molar-refractivity contribution is 5.81. The van der Waals surface area contributed by atoms with Gasteiger partial charge in [0.1, 0.15) is 0 Å². The molecule has 1 aliphatic carbocycles. The molecule has 1 aliphatic rings. The standard InChI is InChI=1S/C17H25N3/c1-2-20-17-10-6-5-9-15(17)16(19-20)12-13-7-3-4-8-14(18)11-13/h5-6,9-10,13-14H,2-4,7-8,11-12,18H2,1H3. The van der Waals surface area contributed by atoms with Crippen LogP contribution in [0.2, 0.25) is 0 Å². The lowest BCUT2D eigenvalue weighted by Gasteiger charge is -2.15. The first-order chi connectivity index (χ1) is 9.78. The van der Waals surface area contributed by atoms with Gasteiger partial charge in [0.2, 0.25) is 0 Å². The minimum atomic E-state index is 0.391. The number of nitrogens with two attached hydrogens (primary N) is 1. The topological polar surface area (TPSA) is 43.8 Å². The normalized spacial score (nSPS) is 23.9. The van der Waals surface area contributed by atoms with Gasteiger partial charge in [-0.25, -0.2) is 0 Å². The van der Waals surface area contributed by atoms with E-state index in [9.17, 15) is 0 Å². The maximum atomic E-state index is 6.20. The maximum absolute atomic E-state index is 6.20. The summed E-state index contributed by atoms with van der Waals surface area (Å²) in [7, 11) is 0. The average molecular weight is 271 g/mol. The molecule has 3 heteroatoms. The van der Waals surface area contributed by atoms with E-state index >= 15 is 0 Å². The molecule has 2 N–H and O–H groups in total. The summed E-state index contributed by atoms with van der Waals surface area (Å²) in [5.41, 5.74) is 8.73. The SMILES string of the molecule is CCn1nc(CC2CCCCC(N)C2)c2ccccc21.